The Morgan fingerprint density at radius 1 is 1.20 bits per heavy atom. The Morgan fingerprint density at radius 2 is 1.93 bits per heavy atom. The fourth-order valence-electron chi connectivity index (χ4n) is 3.20. The van der Waals surface area contributed by atoms with Crippen molar-refractivity contribution in [3.63, 3.8) is 0 Å². The highest BCUT2D eigenvalue weighted by molar-refractivity contribution is 7.09. The number of ether oxygens (including phenoxy) is 2. The number of guanidine groups is 1. The van der Waals surface area contributed by atoms with Gasteiger partial charge in [-0.25, -0.2) is 4.98 Å². The zero-order valence-corrected chi connectivity index (χ0v) is 17.7. The van der Waals surface area contributed by atoms with E-state index in [4.69, 9.17) is 9.47 Å². The molecule has 0 saturated heterocycles. The molecular formula is C20H25F3N4O2S. The second-order valence-corrected chi connectivity index (χ2v) is 7.86. The molecule has 0 atom stereocenters. The van der Waals surface area contributed by atoms with Crippen LogP contribution in [0.25, 0.3) is 0 Å². The second kappa shape index (κ2) is 10.0. The lowest BCUT2D eigenvalue weighted by atomic mass is 10.2. The zero-order valence-electron chi connectivity index (χ0n) is 16.9. The SMILES string of the molecule is CN=C(NCc1ccc(OC)c(OC2CCCC2)c1)NCc1nc(C(F)(F)F)cs1. The van der Waals surface area contributed by atoms with Gasteiger partial charge in [-0.15, -0.1) is 11.3 Å². The van der Waals surface area contributed by atoms with Crippen LogP contribution in [0.2, 0.25) is 0 Å². The molecule has 1 heterocycles. The minimum atomic E-state index is -4.43. The van der Waals surface area contributed by atoms with E-state index in [1.54, 1.807) is 14.2 Å². The first kappa shape index (κ1) is 22.2. The lowest BCUT2D eigenvalue weighted by Gasteiger charge is -2.17. The van der Waals surface area contributed by atoms with Gasteiger partial charge < -0.3 is 20.1 Å². The summed E-state index contributed by atoms with van der Waals surface area (Å²) in [5.74, 6) is 1.87. The summed E-state index contributed by atoms with van der Waals surface area (Å²) in [7, 11) is 3.21. The van der Waals surface area contributed by atoms with E-state index >= 15 is 0 Å². The third-order valence-electron chi connectivity index (χ3n) is 4.76. The normalized spacial score (nSPS) is 15.3. The standard InChI is InChI=1S/C20H25F3N4O2S/c1-24-19(26-11-18-27-17(12-30-18)20(21,22)23)25-10-13-7-8-15(28-2)16(9-13)29-14-5-3-4-6-14/h7-9,12,14H,3-6,10-11H2,1-2H3,(H2,24,25,26). The summed E-state index contributed by atoms with van der Waals surface area (Å²) in [5, 5.41) is 7.47. The van der Waals surface area contributed by atoms with Gasteiger partial charge in [-0.05, 0) is 43.4 Å². The number of benzene rings is 1. The van der Waals surface area contributed by atoms with Gasteiger partial charge >= 0.3 is 6.18 Å². The molecule has 10 heteroatoms. The Bertz CT molecular complexity index is 864. The topological polar surface area (TPSA) is 67.8 Å². The van der Waals surface area contributed by atoms with Crippen LogP contribution in [0, 0.1) is 0 Å². The number of nitrogens with one attached hydrogen (secondary N) is 2. The van der Waals surface area contributed by atoms with Crippen LogP contribution in [-0.4, -0.2) is 31.2 Å². The Morgan fingerprint density at radius 3 is 2.57 bits per heavy atom. The van der Waals surface area contributed by atoms with Crippen LogP contribution in [0.5, 0.6) is 11.5 Å². The monoisotopic (exact) mass is 442 g/mol. The molecule has 1 aromatic heterocycles. The molecule has 164 valence electrons. The first-order valence-electron chi connectivity index (χ1n) is 9.68. The molecule has 0 bridgehead atoms. The number of aromatic nitrogens is 1. The molecule has 0 radical (unpaired) electrons. The number of methoxy groups -OCH3 is 1. The largest absolute Gasteiger partial charge is 0.493 e. The predicted molar refractivity (Wildman–Crippen MR) is 110 cm³/mol. The van der Waals surface area contributed by atoms with E-state index in [0.29, 0.717) is 29.0 Å². The number of hydrogen-bond donors (Lipinski definition) is 2. The lowest BCUT2D eigenvalue weighted by molar-refractivity contribution is -0.140. The highest BCUT2D eigenvalue weighted by Crippen LogP contribution is 2.32. The molecule has 1 aliphatic rings. The van der Waals surface area contributed by atoms with Gasteiger partial charge in [-0.2, -0.15) is 13.2 Å². The maximum Gasteiger partial charge on any atom is 0.434 e. The van der Waals surface area contributed by atoms with Crippen molar-refractivity contribution in [2.24, 2.45) is 4.99 Å². The van der Waals surface area contributed by atoms with E-state index in [1.807, 2.05) is 18.2 Å². The molecule has 6 nitrogen and oxygen atoms in total. The van der Waals surface area contributed by atoms with Gasteiger partial charge in [0.05, 0.1) is 19.8 Å². The molecule has 3 rings (SSSR count). The highest BCUT2D eigenvalue weighted by Gasteiger charge is 2.33. The third-order valence-corrected chi connectivity index (χ3v) is 5.61. The van der Waals surface area contributed by atoms with Gasteiger partial charge in [-0.1, -0.05) is 6.07 Å². The maximum absolute atomic E-state index is 12.7. The Kier molecular flexibility index (Phi) is 7.41. The minimum Gasteiger partial charge on any atom is -0.493 e. The van der Waals surface area contributed by atoms with Crippen molar-refractivity contribution in [2.75, 3.05) is 14.2 Å². The minimum absolute atomic E-state index is 0.152. The molecule has 0 aliphatic heterocycles. The summed E-state index contributed by atoms with van der Waals surface area (Å²) in [6, 6.07) is 5.73. The van der Waals surface area contributed by atoms with Crippen LogP contribution in [0.15, 0.2) is 28.6 Å². The molecule has 0 amide bonds. The van der Waals surface area contributed by atoms with Crippen molar-refractivity contribution < 1.29 is 22.6 Å². The van der Waals surface area contributed by atoms with E-state index in [0.717, 1.165) is 35.1 Å². The second-order valence-electron chi connectivity index (χ2n) is 6.91. The quantitative estimate of drug-likeness (QED) is 0.493. The third kappa shape index (κ3) is 6.01. The smallest absolute Gasteiger partial charge is 0.434 e. The molecule has 1 aliphatic carbocycles. The number of aliphatic imine (C=N–C) groups is 1. The van der Waals surface area contributed by atoms with Gasteiger partial charge in [-0.3, -0.25) is 4.99 Å². The molecule has 2 aromatic rings. The zero-order chi connectivity index (χ0) is 21.6. The number of hydrogen-bond acceptors (Lipinski definition) is 5. The fraction of sp³-hybridized carbons (Fsp3) is 0.500. The van der Waals surface area contributed by atoms with Crippen molar-refractivity contribution in [1.29, 1.82) is 0 Å². The average molecular weight is 443 g/mol. The van der Waals surface area contributed by atoms with Crippen molar-refractivity contribution in [1.82, 2.24) is 15.6 Å². The fourth-order valence-corrected chi connectivity index (χ4v) is 3.94. The van der Waals surface area contributed by atoms with E-state index < -0.39 is 11.9 Å². The summed E-state index contributed by atoms with van der Waals surface area (Å²) >= 11 is 0.958. The first-order chi connectivity index (χ1) is 14.4. The number of rotatable bonds is 7. The van der Waals surface area contributed by atoms with Crippen molar-refractivity contribution >= 4 is 17.3 Å². The summed E-state index contributed by atoms with van der Waals surface area (Å²) in [5.41, 5.74) is 0.0978. The Labute approximate surface area is 177 Å². The van der Waals surface area contributed by atoms with Gasteiger partial charge in [0, 0.05) is 19.0 Å². The molecular weight excluding hydrogens is 417 g/mol. The van der Waals surface area contributed by atoms with Crippen LogP contribution in [0.3, 0.4) is 0 Å². The number of thiazole rings is 1. The van der Waals surface area contributed by atoms with Crippen LogP contribution < -0.4 is 20.1 Å². The van der Waals surface area contributed by atoms with Gasteiger partial charge in [0.2, 0.25) is 0 Å². The lowest BCUT2D eigenvalue weighted by Crippen LogP contribution is -2.36. The molecule has 1 aromatic carbocycles. The Balaban J connectivity index is 1.55. The van der Waals surface area contributed by atoms with Crippen LogP contribution in [0.1, 0.15) is 41.9 Å². The molecule has 1 saturated carbocycles. The maximum atomic E-state index is 12.7. The molecule has 0 unspecified atom stereocenters. The predicted octanol–water partition coefficient (Wildman–Crippen LogP) is 4.36. The summed E-state index contributed by atoms with van der Waals surface area (Å²) in [6.07, 6.45) is 0.252. The summed E-state index contributed by atoms with van der Waals surface area (Å²) in [6.45, 7) is 0.620. The summed E-state index contributed by atoms with van der Waals surface area (Å²) in [4.78, 5) is 7.71. The summed E-state index contributed by atoms with van der Waals surface area (Å²) < 4.78 is 49.5. The first-order valence-corrected chi connectivity index (χ1v) is 10.6. The number of nitrogens with zero attached hydrogens (tertiary/aromatic N) is 2. The van der Waals surface area contributed by atoms with Crippen molar-refractivity contribution in [3.8, 4) is 11.5 Å². The van der Waals surface area contributed by atoms with Crippen molar-refractivity contribution in [3.05, 3.63) is 39.8 Å². The number of alkyl halides is 3. The van der Waals surface area contributed by atoms with E-state index in [-0.39, 0.29) is 12.6 Å². The molecule has 2 N–H and O–H groups in total. The molecule has 1 fully saturated rings. The number of halogens is 3. The Hall–Kier alpha value is -2.49. The van der Waals surface area contributed by atoms with Crippen LogP contribution >= 0.6 is 11.3 Å². The van der Waals surface area contributed by atoms with Gasteiger partial charge in [0.1, 0.15) is 5.01 Å². The molecule has 30 heavy (non-hydrogen) atoms. The average Bonchev–Trinajstić information content (AvgIpc) is 3.40. The van der Waals surface area contributed by atoms with Gasteiger partial charge in [0.25, 0.3) is 0 Å². The molecule has 0 spiro atoms. The van der Waals surface area contributed by atoms with E-state index in [9.17, 15) is 13.2 Å². The van der Waals surface area contributed by atoms with E-state index in [1.165, 1.54) is 12.8 Å². The van der Waals surface area contributed by atoms with E-state index in [2.05, 4.69) is 20.6 Å². The van der Waals surface area contributed by atoms with Crippen LogP contribution in [0.4, 0.5) is 13.2 Å². The highest BCUT2D eigenvalue weighted by atomic mass is 32.1. The van der Waals surface area contributed by atoms with Gasteiger partial charge in [0.15, 0.2) is 23.2 Å². The van der Waals surface area contributed by atoms with Crippen molar-refractivity contribution in [2.45, 2.75) is 51.1 Å². The van der Waals surface area contributed by atoms with Crippen LogP contribution in [-0.2, 0) is 19.3 Å².